The second kappa shape index (κ2) is 23.3. The average molecular weight is 861 g/mol. The van der Waals surface area contributed by atoms with Crippen molar-refractivity contribution in [2.45, 2.75) is 144 Å². The zero-order chi connectivity index (χ0) is 44.8. The lowest BCUT2D eigenvalue weighted by Gasteiger charge is -2.47. The minimum atomic E-state index is -2.91. The molecule has 0 saturated carbocycles. The van der Waals surface area contributed by atoms with Crippen molar-refractivity contribution < 1.29 is 88.9 Å². The second-order valence-electron chi connectivity index (χ2n) is 15.0. The summed E-state index contributed by atoms with van der Waals surface area (Å²) < 4.78 is 22.4. The number of aliphatic hydroxyl groups excluding tert-OH is 7. The van der Waals surface area contributed by atoms with Crippen LogP contribution in [0.1, 0.15) is 69.9 Å². The van der Waals surface area contributed by atoms with Crippen LogP contribution in [0.5, 0.6) is 0 Å². The first-order valence-electron chi connectivity index (χ1n) is 19.7. The lowest BCUT2D eigenvalue weighted by molar-refractivity contribution is -0.326. The van der Waals surface area contributed by atoms with Crippen molar-refractivity contribution in [3.05, 3.63) is 35.4 Å². The Morgan fingerprint density at radius 1 is 0.767 bits per heavy atom. The molecule has 0 unspecified atom stereocenters. The molecule has 1 aromatic carbocycles. The number of carbonyl (C=O) groups is 5. The summed E-state index contributed by atoms with van der Waals surface area (Å²) in [6.45, 7) is 0.606. The third-order valence-corrected chi connectivity index (χ3v) is 10.2. The minimum absolute atomic E-state index is 0.0316. The van der Waals surface area contributed by atoms with Crippen molar-refractivity contribution in [3.8, 4) is 0 Å². The fourth-order valence-electron chi connectivity index (χ4n) is 6.98. The smallest absolute Gasteiger partial charge is 0.364 e. The number of benzene rings is 1. The van der Waals surface area contributed by atoms with E-state index >= 15 is 0 Å². The molecule has 2 heterocycles. The Balaban J connectivity index is 1.74. The normalized spacial score (nSPS) is 28.8. The molecule has 2 fully saturated rings. The molecule has 3 rings (SSSR count). The molecule has 2 aliphatic rings. The molecular formula is C38H60N4O18. The highest BCUT2D eigenvalue weighted by Crippen LogP contribution is 2.36. The van der Waals surface area contributed by atoms with Crippen molar-refractivity contribution in [3.63, 3.8) is 0 Å². The number of amides is 3. The molecule has 2 aliphatic heterocycles. The molecule has 0 radical (unpaired) electrons. The van der Waals surface area contributed by atoms with Gasteiger partial charge in [-0.05, 0) is 43.4 Å². The van der Waals surface area contributed by atoms with Crippen LogP contribution in [-0.4, -0.2) is 174 Å². The number of carboxylic acid groups (broad SMARTS) is 2. The van der Waals surface area contributed by atoms with Crippen LogP contribution < -0.4 is 21.7 Å². The van der Waals surface area contributed by atoms with Crippen LogP contribution in [0.3, 0.4) is 0 Å². The number of aliphatic carboxylic acids is 2. The average Bonchev–Trinajstić information content (AvgIpc) is 3.20. The van der Waals surface area contributed by atoms with Gasteiger partial charge < -0.3 is 86.6 Å². The molecule has 0 bridgehead atoms. The number of hydrogen-bond donors (Lipinski definition) is 13. The summed E-state index contributed by atoms with van der Waals surface area (Å²) in [5.74, 6) is -10.7. The van der Waals surface area contributed by atoms with E-state index in [9.17, 15) is 69.9 Å². The Bertz CT molecular complexity index is 1570. The van der Waals surface area contributed by atoms with Gasteiger partial charge in [0.15, 0.2) is 0 Å². The number of nitrogens with two attached hydrogens (primary N) is 1. The Kier molecular flexibility index (Phi) is 19.6. The highest BCUT2D eigenvalue weighted by Gasteiger charge is 2.58. The first-order chi connectivity index (χ1) is 28.3. The number of unbranched alkanes of at least 4 members (excludes halogenated alkanes) is 2. The molecule has 1 aromatic rings. The minimum Gasteiger partial charge on any atom is -0.477 e. The first-order valence-corrected chi connectivity index (χ1v) is 19.7. The molecule has 3 amide bonds. The predicted molar refractivity (Wildman–Crippen MR) is 204 cm³/mol. The van der Waals surface area contributed by atoms with E-state index in [1.807, 2.05) is 0 Å². The van der Waals surface area contributed by atoms with E-state index in [0.717, 1.165) is 38.7 Å². The van der Waals surface area contributed by atoms with E-state index < -0.39 is 122 Å². The largest absolute Gasteiger partial charge is 0.477 e. The molecule has 60 heavy (non-hydrogen) atoms. The summed E-state index contributed by atoms with van der Waals surface area (Å²) in [6.07, 6.45) is -13.3. The van der Waals surface area contributed by atoms with Crippen LogP contribution in [0.15, 0.2) is 24.3 Å². The van der Waals surface area contributed by atoms with Gasteiger partial charge >= 0.3 is 11.9 Å². The fraction of sp³-hybridized carbons (Fsp3) is 0.711. The van der Waals surface area contributed by atoms with Gasteiger partial charge in [0, 0.05) is 39.7 Å². The van der Waals surface area contributed by atoms with E-state index in [2.05, 4.69) is 16.0 Å². The monoisotopic (exact) mass is 860 g/mol. The number of aliphatic hydroxyl groups is 7. The van der Waals surface area contributed by atoms with Gasteiger partial charge in [0.1, 0.15) is 36.6 Å². The maximum Gasteiger partial charge on any atom is 0.364 e. The van der Waals surface area contributed by atoms with Gasteiger partial charge in [0.05, 0.1) is 44.1 Å². The molecule has 0 aromatic heterocycles. The summed E-state index contributed by atoms with van der Waals surface area (Å²) in [5.41, 5.74) is 6.88. The van der Waals surface area contributed by atoms with Crippen LogP contribution in [0.2, 0.25) is 0 Å². The maximum atomic E-state index is 12.7. The number of nitrogens with one attached hydrogen (secondary N) is 3. The zero-order valence-corrected chi connectivity index (χ0v) is 33.6. The van der Waals surface area contributed by atoms with Crippen molar-refractivity contribution >= 4 is 29.7 Å². The van der Waals surface area contributed by atoms with E-state index in [1.165, 1.54) is 0 Å². The number of ether oxygens (including phenoxy) is 4. The van der Waals surface area contributed by atoms with Crippen molar-refractivity contribution in [2.75, 3.05) is 26.3 Å². The second-order valence-corrected chi connectivity index (χ2v) is 15.0. The standard InChI is InChI=1S/C38H60N4O18/c1-20(44)41-29-25(47)16-38(36(55)56,59-33(29)31(51)26(48)17-43)58-19-27(49)32(52)34-30(42-21(2)45)24(46)15-37(60-34,35(53)54)57-18-23-11-9-22(10-12-23)7-6-14-40-28(50)8-4-3-5-13-39/h9-12,24-27,29-34,43,46-49,51-52H,3-8,13-19,39H2,1-2H3,(H,40,50)(H,41,44)(H,42,45)(H,53,54)(H,55,56)/t24-,25-,26+,27+,29+,30+,31+,32+,33+,34+,37-,38-/m0/s1. The Hall–Kier alpha value is -3.91. The third-order valence-electron chi connectivity index (χ3n) is 10.2. The Morgan fingerprint density at radius 2 is 1.27 bits per heavy atom. The quantitative estimate of drug-likeness (QED) is 0.0442. The van der Waals surface area contributed by atoms with Crippen molar-refractivity contribution in [1.29, 1.82) is 0 Å². The summed E-state index contributed by atoms with van der Waals surface area (Å²) in [6, 6.07) is 3.83. The van der Waals surface area contributed by atoms with Gasteiger partial charge in [-0.15, -0.1) is 0 Å². The summed E-state index contributed by atoms with van der Waals surface area (Å²) in [5, 5.41) is 103. The number of carboxylic acids is 2. The highest BCUT2D eigenvalue weighted by atomic mass is 16.7. The van der Waals surface area contributed by atoms with Gasteiger partial charge in [-0.2, -0.15) is 0 Å². The molecule has 2 saturated heterocycles. The molecular weight excluding hydrogens is 800 g/mol. The number of rotatable bonds is 24. The lowest BCUT2D eigenvalue weighted by Crippen LogP contribution is -2.69. The molecule has 14 N–H and O–H groups in total. The third kappa shape index (κ3) is 13.8. The van der Waals surface area contributed by atoms with Gasteiger partial charge in [0.25, 0.3) is 11.6 Å². The Morgan fingerprint density at radius 3 is 1.75 bits per heavy atom. The zero-order valence-electron chi connectivity index (χ0n) is 33.6. The first kappa shape index (κ1) is 50.4. The number of aryl methyl sites for hydroxylation is 1. The summed E-state index contributed by atoms with van der Waals surface area (Å²) in [7, 11) is 0. The molecule has 12 atom stereocenters. The maximum absolute atomic E-state index is 12.7. The molecule has 22 heteroatoms. The Labute approximate surface area is 345 Å². The van der Waals surface area contributed by atoms with Crippen LogP contribution >= 0.6 is 0 Å². The summed E-state index contributed by atoms with van der Waals surface area (Å²) >= 11 is 0. The van der Waals surface area contributed by atoms with Gasteiger partial charge in [0.2, 0.25) is 17.7 Å². The van der Waals surface area contributed by atoms with Crippen LogP contribution in [-0.2, 0) is 55.9 Å². The summed E-state index contributed by atoms with van der Waals surface area (Å²) in [4.78, 5) is 61.3. The van der Waals surface area contributed by atoms with Gasteiger partial charge in [-0.3, -0.25) is 14.4 Å². The predicted octanol–water partition coefficient (Wildman–Crippen LogP) is -3.91. The fourth-order valence-corrected chi connectivity index (χ4v) is 6.98. The van der Waals surface area contributed by atoms with E-state index in [0.29, 0.717) is 37.9 Å². The molecule has 22 nitrogen and oxygen atoms in total. The molecule has 340 valence electrons. The van der Waals surface area contributed by atoms with Crippen molar-refractivity contribution in [2.24, 2.45) is 5.73 Å². The highest BCUT2D eigenvalue weighted by molar-refractivity contribution is 5.77. The van der Waals surface area contributed by atoms with Crippen molar-refractivity contribution in [1.82, 2.24) is 16.0 Å². The molecule has 0 spiro atoms. The number of hydrogen-bond acceptors (Lipinski definition) is 17. The molecule has 0 aliphatic carbocycles. The van der Waals surface area contributed by atoms with Crippen LogP contribution in [0, 0.1) is 0 Å². The van der Waals surface area contributed by atoms with Crippen LogP contribution in [0.4, 0.5) is 0 Å². The van der Waals surface area contributed by atoms with Gasteiger partial charge in [-0.25, -0.2) is 9.59 Å². The topological polar surface area (TPSA) is 366 Å². The number of carbonyl (C=O) groups excluding carboxylic acids is 3. The van der Waals surface area contributed by atoms with E-state index in [1.54, 1.807) is 24.3 Å². The lowest BCUT2D eigenvalue weighted by atomic mass is 9.88. The van der Waals surface area contributed by atoms with E-state index in [4.69, 9.17) is 24.7 Å². The van der Waals surface area contributed by atoms with Crippen LogP contribution in [0.25, 0.3) is 0 Å². The SMILES string of the molecule is CC(=O)N[C@H]1[C@H]([C@H](O)[C@H](O)CO)O[C@](OC[C@@H](O)[C@@H](O)[C@@H]2O[C@](OCc3ccc(CCCNC(=O)CCCCCN)cc3)(C(=O)O)C[C@H](O)[C@H]2NC(C)=O)(C(=O)O)C[C@@H]1O. The van der Waals surface area contributed by atoms with Gasteiger partial charge in [-0.1, -0.05) is 30.7 Å². The van der Waals surface area contributed by atoms with E-state index in [-0.39, 0.29) is 12.5 Å².